The van der Waals surface area contributed by atoms with Crippen molar-refractivity contribution in [2.75, 3.05) is 0 Å². The van der Waals surface area contributed by atoms with Gasteiger partial charge in [-0.15, -0.1) is 5.10 Å². The molecule has 3 heterocycles. The molecule has 0 aromatic carbocycles. The first kappa shape index (κ1) is 18.8. The molecule has 5 nitrogen and oxygen atoms in total. The van der Waals surface area contributed by atoms with E-state index in [2.05, 4.69) is 68.0 Å². The summed E-state index contributed by atoms with van der Waals surface area (Å²) in [5, 5.41) is 13.1. The second-order valence-electron chi connectivity index (χ2n) is 10.1. The zero-order valence-electron chi connectivity index (χ0n) is 17.5. The van der Waals surface area contributed by atoms with E-state index in [1.54, 1.807) is 11.3 Å². The number of hydrogen-bond donors (Lipinski definition) is 0. The molecule has 3 unspecified atom stereocenters. The summed E-state index contributed by atoms with van der Waals surface area (Å²) in [6, 6.07) is 2.09. The first-order valence-corrected chi connectivity index (χ1v) is 11.5. The van der Waals surface area contributed by atoms with Crippen LogP contribution in [-0.4, -0.2) is 33.3 Å². The molecule has 3 aliphatic carbocycles. The third kappa shape index (κ3) is 2.45. The zero-order valence-corrected chi connectivity index (χ0v) is 18.3. The molecule has 4 atom stereocenters. The predicted molar refractivity (Wildman–Crippen MR) is 112 cm³/mol. The minimum atomic E-state index is -0.275. The Bertz CT molecular complexity index is 867. The van der Waals surface area contributed by atoms with Gasteiger partial charge >= 0.3 is 7.12 Å². The molecule has 7 heteroatoms. The highest BCUT2D eigenvalue weighted by Crippen LogP contribution is 2.70. The fraction of sp³-hybridized carbons (Fsp3) is 0.714. The minimum Gasteiger partial charge on any atom is -0.402 e. The highest BCUT2D eigenvalue weighted by Gasteiger charge is 2.76. The number of thiophene rings is 1. The Hall–Kier alpha value is -1.18. The number of aromatic nitrogens is 3. The Labute approximate surface area is 172 Å². The van der Waals surface area contributed by atoms with Crippen molar-refractivity contribution in [2.45, 2.75) is 77.4 Å². The van der Waals surface area contributed by atoms with Crippen molar-refractivity contribution in [1.82, 2.24) is 15.0 Å². The number of rotatable bonds is 5. The summed E-state index contributed by atoms with van der Waals surface area (Å²) in [4.78, 5) is 0. The van der Waals surface area contributed by atoms with Gasteiger partial charge in [0.05, 0.1) is 23.3 Å². The third-order valence-electron chi connectivity index (χ3n) is 7.81. The number of hydrogen-bond acceptors (Lipinski definition) is 5. The second-order valence-corrected chi connectivity index (χ2v) is 10.9. The topological polar surface area (TPSA) is 49.2 Å². The maximum atomic E-state index is 6.85. The average molecular weight is 399 g/mol. The summed E-state index contributed by atoms with van der Waals surface area (Å²) in [5.74, 6) is 1.30. The van der Waals surface area contributed by atoms with Gasteiger partial charge in [0, 0.05) is 10.9 Å². The predicted octanol–water partition coefficient (Wildman–Crippen LogP) is 5.01. The van der Waals surface area contributed by atoms with Gasteiger partial charge in [-0.2, -0.15) is 11.3 Å². The van der Waals surface area contributed by atoms with Crippen LogP contribution >= 0.6 is 11.3 Å². The van der Waals surface area contributed by atoms with Crippen molar-refractivity contribution in [3.8, 4) is 11.3 Å². The fourth-order valence-electron chi connectivity index (χ4n) is 6.00. The SMILES string of the molecule is CC(C)C[C@@H](B1OC2(C)CCC3CC2(O1)C3(C)C)n1cc(-c2ccsc2)nn1. The Morgan fingerprint density at radius 3 is 2.79 bits per heavy atom. The van der Waals surface area contributed by atoms with E-state index in [0.29, 0.717) is 5.92 Å². The smallest absolute Gasteiger partial charge is 0.402 e. The molecular weight excluding hydrogens is 369 g/mol. The van der Waals surface area contributed by atoms with Gasteiger partial charge in [-0.25, -0.2) is 0 Å². The van der Waals surface area contributed by atoms with Gasteiger partial charge in [0.15, 0.2) is 0 Å². The van der Waals surface area contributed by atoms with E-state index in [0.717, 1.165) is 36.4 Å². The molecule has 2 aromatic rings. The Morgan fingerprint density at radius 1 is 1.32 bits per heavy atom. The molecule has 6 rings (SSSR count). The summed E-state index contributed by atoms with van der Waals surface area (Å²) in [6.45, 7) is 11.5. The van der Waals surface area contributed by atoms with Gasteiger partial charge in [-0.1, -0.05) is 32.9 Å². The molecule has 1 aliphatic heterocycles. The zero-order chi connectivity index (χ0) is 19.7. The molecule has 1 spiro atoms. The molecule has 3 saturated carbocycles. The Balaban J connectivity index is 1.47. The van der Waals surface area contributed by atoms with Crippen molar-refractivity contribution in [1.29, 1.82) is 0 Å². The lowest BCUT2D eigenvalue weighted by Crippen LogP contribution is -2.73. The molecule has 0 radical (unpaired) electrons. The molecule has 4 aliphatic rings. The summed E-state index contributed by atoms with van der Waals surface area (Å²) in [5.41, 5.74) is 1.83. The molecule has 0 N–H and O–H groups in total. The van der Waals surface area contributed by atoms with E-state index in [-0.39, 0.29) is 29.7 Å². The maximum absolute atomic E-state index is 6.85. The van der Waals surface area contributed by atoms with Crippen molar-refractivity contribution < 1.29 is 9.31 Å². The lowest BCUT2D eigenvalue weighted by molar-refractivity contribution is -0.257. The molecule has 150 valence electrons. The molecule has 2 bridgehead atoms. The van der Waals surface area contributed by atoms with Gasteiger partial charge < -0.3 is 9.31 Å². The number of nitrogens with zero attached hydrogens (tertiary/aromatic N) is 3. The van der Waals surface area contributed by atoms with Gasteiger partial charge in [0.25, 0.3) is 0 Å². The van der Waals surface area contributed by atoms with Crippen LogP contribution in [0.4, 0.5) is 0 Å². The summed E-state index contributed by atoms with van der Waals surface area (Å²) < 4.78 is 15.6. The van der Waals surface area contributed by atoms with Crippen LogP contribution in [0.15, 0.2) is 23.0 Å². The largest absolute Gasteiger partial charge is 0.484 e. The molecular formula is C21H30BN3O2S. The normalized spacial score (nSPS) is 34.4. The van der Waals surface area contributed by atoms with Gasteiger partial charge in [-0.3, -0.25) is 4.68 Å². The Morgan fingerprint density at radius 2 is 2.14 bits per heavy atom. The standard InChI is InChI=1S/C21H30BN3O2S/c1-14(2)10-18(25-12-17(23-24-25)15-7-9-28-13-15)22-26-20(5)8-6-16-11-21(20,27-22)19(16,3)4/h7,9,12-14,16,18H,6,8,10-11H2,1-5H3/t16?,18-,20?,21?/m0/s1. The van der Waals surface area contributed by atoms with Crippen molar-refractivity contribution >= 4 is 18.5 Å². The molecule has 4 fully saturated rings. The molecule has 1 saturated heterocycles. The summed E-state index contributed by atoms with van der Waals surface area (Å²) in [6.07, 6.45) is 6.45. The molecule has 28 heavy (non-hydrogen) atoms. The lowest BCUT2D eigenvalue weighted by atomic mass is 9.41. The highest BCUT2D eigenvalue weighted by molar-refractivity contribution is 7.08. The van der Waals surface area contributed by atoms with E-state index in [4.69, 9.17) is 9.31 Å². The van der Waals surface area contributed by atoms with Crippen LogP contribution in [0.3, 0.4) is 0 Å². The first-order chi connectivity index (χ1) is 13.3. The summed E-state index contributed by atoms with van der Waals surface area (Å²) in [7, 11) is -0.275. The van der Waals surface area contributed by atoms with Crippen molar-refractivity contribution in [2.24, 2.45) is 17.3 Å². The van der Waals surface area contributed by atoms with Crippen molar-refractivity contribution in [3.05, 3.63) is 23.0 Å². The van der Waals surface area contributed by atoms with Crippen LogP contribution in [0.25, 0.3) is 11.3 Å². The van der Waals surface area contributed by atoms with Crippen LogP contribution in [-0.2, 0) is 9.31 Å². The van der Waals surface area contributed by atoms with Crippen LogP contribution in [0.1, 0.15) is 66.2 Å². The monoisotopic (exact) mass is 399 g/mol. The fourth-order valence-corrected chi connectivity index (χ4v) is 6.65. The van der Waals surface area contributed by atoms with Gasteiger partial charge in [0.1, 0.15) is 5.69 Å². The van der Waals surface area contributed by atoms with E-state index >= 15 is 0 Å². The maximum Gasteiger partial charge on any atom is 0.484 e. The van der Waals surface area contributed by atoms with E-state index < -0.39 is 0 Å². The average Bonchev–Trinajstić information content (AvgIpc) is 3.36. The van der Waals surface area contributed by atoms with E-state index in [1.165, 1.54) is 6.42 Å². The van der Waals surface area contributed by atoms with Crippen molar-refractivity contribution in [3.63, 3.8) is 0 Å². The van der Waals surface area contributed by atoms with Crippen LogP contribution in [0, 0.1) is 17.3 Å². The summed E-state index contributed by atoms with van der Waals surface area (Å²) >= 11 is 1.68. The lowest BCUT2D eigenvalue weighted by Gasteiger charge is -2.69. The highest BCUT2D eigenvalue weighted by atomic mass is 32.1. The third-order valence-corrected chi connectivity index (χ3v) is 8.49. The minimum absolute atomic E-state index is 0.0338. The molecule has 2 aromatic heterocycles. The van der Waals surface area contributed by atoms with Crippen LogP contribution in [0.2, 0.25) is 0 Å². The van der Waals surface area contributed by atoms with E-state index in [9.17, 15) is 0 Å². The Kier molecular flexibility index (Phi) is 4.14. The van der Waals surface area contributed by atoms with Crippen LogP contribution in [0.5, 0.6) is 0 Å². The second kappa shape index (κ2) is 6.16. The van der Waals surface area contributed by atoms with Gasteiger partial charge in [0.2, 0.25) is 0 Å². The molecule has 0 amide bonds. The van der Waals surface area contributed by atoms with Crippen LogP contribution < -0.4 is 0 Å². The number of fused-ring (bicyclic) bond motifs is 1. The van der Waals surface area contributed by atoms with Gasteiger partial charge in [-0.05, 0) is 61.3 Å². The van der Waals surface area contributed by atoms with E-state index in [1.807, 2.05) is 4.68 Å². The first-order valence-electron chi connectivity index (χ1n) is 10.6. The quantitative estimate of drug-likeness (QED) is 0.664.